The highest BCUT2D eigenvalue weighted by molar-refractivity contribution is 6.35. The Kier molecular flexibility index (Phi) is 6.01. The summed E-state index contributed by atoms with van der Waals surface area (Å²) in [5.74, 6) is -0.400. The quantitative estimate of drug-likeness (QED) is 0.301. The van der Waals surface area contributed by atoms with Crippen LogP contribution in [0.25, 0.3) is 10.9 Å². The van der Waals surface area contributed by atoms with Crippen molar-refractivity contribution in [1.82, 2.24) is 21.0 Å². The van der Waals surface area contributed by atoms with Crippen LogP contribution in [0, 0.1) is 17.1 Å². The molecular weight excluding hydrogens is 481 g/mol. The van der Waals surface area contributed by atoms with Crippen LogP contribution in [0.1, 0.15) is 45.2 Å². The van der Waals surface area contributed by atoms with Gasteiger partial charge in [0.15, 0.2) is 0 Å². The van der Waals surface area contributed by atoms with E-state index in [1.165, 1.54) is 18.3 Å². The van der Waals surface area contributed by atoms with Crippen LogP contribution >= 0.6 is 11.6 Å². The molecule has 8 nitrogen and oxygen atoms in total. The van der Waals surface area contributed by atoms with Crippen molar-refractivity contribution in [2.45, 2.75) is 44.3 Å². The van der Waals surface area contributed by atoms with E-state index in [0.717, 1.165) is 12.8 Å². The van der Waals surface area contributed by atoms with Crippen LogP contribution in [0.2, 0.25) is 5.02 Å². The average molecular weight is 509 g/mol. The summed E-state index contributed by atoms with van der Waals surface area (Å²) in [7, 11) is 0. The van der Waals surface area contributed by atoms with Gasteiger partial charge in [-0.15, -0.1) is 5.53 Å². The summed E-state index contributed by atoms with van der Waals surface area (Å²) in [6, 6.07) is 10.1. The second-order valence-corrected chi connectivity index (χ2v) is 10.0. The second-order valence-electron chi connectivity index (χ2n) is 9.60. The van der Waals surface area contributed by atoms with Gasteiger partial charge in [0.25, 0.3) is 0 Å². The molecule has 3 aromatic rings. The van der Waals surface area contributed by atoms with Gasteiger partial charge in [-0.1, -0.05) is 23.7 Å². The average Bonchev–Trinajstić information content (AvgIpc) is 3.60. The molecule has 1 aliphatic heterocycles. The number of pyridine rings is 1. The first kappa shape index (κ1) is 22.9. The van der Waals surface area contributed by atoms with E-state index in [-0.39, 0.29) is 6.61 Å². The number of nitriles is 1. The molecule has 0 unspecified atom stereocenters. The molecular formula is C26H27ClFN7O. The Hall–Kier alpha value is -3.58. The number of anilines is 2. The number of hydrogen-bond acceptors (Lipinski definition) is 8. The summed E-state index contributed by atoms with van der Waals surface area (Å²) in [5.41, 5.74) is 8.22. The van der Waals surface area contributed by atoms with Crippen molar-refractivity contribution >= 4 is 33.9 Å². The molecule has 0 amide bonds. The fourth-order valence-corrected chi connectivity index (χ4v) is 4.26. The van der Waals surface area contributed by atoms with Crippen molar-refractivity contribution in [2.75, 3.05) is 17.2 Å². The van der Waals surface area contributed by atoms with Crippen LogP contribution < -0.4 is 21.6 Å². The Morgan fingerprint density at radius 3 is 2.78 bits per heavy atom. The highest BCUT2D eigenvalue weighted by Gasteiger charge is 2.32. The maximum absolute atomic E-state index is 13.8. The number of nitrogens with one attached hydrogen (secondary N) is 4. The fourth-order valence-electron chi connectivity index (χ4n) is 3.99. The summed E-state index contributed by atoms with van der Waals surface area (Å²) in [5, 5.41) is 28.9. The zero-order valence-corrected chi connectivity index (χ0v) is 20.6. The first-order chi connectivity index (χ1) is 17.6. The van der Waals surface area contributed by atoms with Crippen LogP contribution in [0.15, 0.2) is 54.5 Å². The molecule has 1 aliphatic carbocycles. The molecule has 0 radical (unpaired) electrons. The van der Waals surface area contributed by atoms with Crippen molar-refractivity contribution in [3.8, 4) is 6.07 Å². The minimum atomic E-state index is -1.54. The molecule has 0 spiro atoms. The first-order valence-corrected chi connectivity index (χ1v) is 12.0. The molecule has 10 heteroatoms. The summed E-state index contributed by atoms with van der Waals surface area (Å²) in [6.07, 6.45) is 5.40. The van der Waals surface area contributed by atoms with Crippen molar-refractivity contribution in [3.63, 3.8) is 0 Å². The van der Waals surface area contributed by atoms with E-state index < -0.39 is 17.4 Å². The number of nitrogens with zero attached hydrogens (tertiary/aromatic N) is 3. The molecule has 0 bridgehead atoms. The van der Waals surface area contributed by atoms with E-state index in [1.54, 1.807) is 24.3 Å². The number of hydrogen-bond donors (Lipinski definition) is 5. The third kappa shape index (κ3) is 4.88. The molecule has 1 saturated carbocycles. The van der Waals surface area contributed by atoms with Crippen LogP contribution in [0.4, 0.5) is 15.8 Å². The Morgan fingerprint density at radius 2 is 2.11 bits per heavy atom. The first-order valence-electron chi connectivity index (χ1n) is 12.1. The van der Waals surface area contributed by atoms with Gasteiger partial charge in [-0.2, -0.15) is 5.26 Å². The third-order valence-corrected chi connectivity index (χ3v) is 6.39. The van der Waals surface area contributed by atoms with E-state index in [9.17, 15) is 16.1 Å². The lowest BCUT2D eigenvalue weighted by molar-refractivity contribution is 0.234. The smallest absolute Gasteiger partial charge is 0.123 e. The predicted octanol–water partition coefficient (Wildman–Crippen LogP) is 4.56. The Morgan fingerprint density at radius 1 is 1.36 bits per heavy atom. The number of aliphatic hydroxyl groups is 1. The van der Waals surface area contributed by atoms with Gasteiger partial charge in [0, 0.05) is 29.5 Å². The maximum atomic E-state index is 13.8. The molecule has 36 heavy (non-hydrogen) atoms. The Labute approximate surface area is 215 Å². The van der Waals surface area contributed by atoms with Gasteiger partial charge < -0.3 is 21.2 Å². The molecule has 1 atom stereocenters. The molecule has 5 N–H and O–H groups in total. The summed E-state index contributed by atoms with van der Waals surface area (Å²) in [6.45, 7) is 3.45. The Balaban J connectivity index is 1.62. The second kappa shape index (κ2) is 9.47. The van der Waals surface area contributed by atoms with Gasteiger partial charge in [0.1, 0.15) is 11.9 Å². The maximum Gasteiger partial charge on any atom is 0.123 e. The van der Waals surface area contributed by atoms with Crippen molar-refractivity contribution in [2.24, 2.45) is 0 Å². The summed E-state index contributed by atoms with van der Waals surface area (Å²) >= 11 is 6.64. The molecule has 0 saturated heterocycles. The van der Waals surface area contributed by atoms with Gasteiger partial charge >= 0.3 is 0 Å². The SMILES string of the molecule is [2H][C@](Nc1cc(Cl)c2ncc(C#N)c(NC(C)(C)CO)c2c1)(C1=CN(C2CC2)NN1)c1ccc(F)cc1. The van der Waals surface area contributed by atoms with Crippen LogP contribution in [0.3, 0.4) is 0 Å². The van der Waals surface area contributed by atoms with Gasteiger partial charge in [0.05, 0.1) is 47.0 Å². The summed E-state index contributed by atoms with van der Waals surface area (Å²) in [4.78, 5) is 4.37. The lowest BCUT2D eigenvalue weighted by Gasteiger charge is -2.27. The van der Waals surface area contributed by atoms with Gasteiger partial charge in [-0.25, -0.2) is 4.39 Å². The van der Waals surface area contributed by atoms with Gasteiger partial charge in [-0.05, 0) is 56.5 Å². The summed E-state index contributed by atoms with van der Waals surface area (Å²) < 4.78 is 23.3. The van der Waals surface area contributed by atoms with E-state index in [2.05, 4.69) is 32.6 Å². The van der Waals surface area contributed by atoms with Crippen molar-refractivity contribution < 1.29 is 10.9 Å². The number of hydrazine groups is 2. The molecule has 2 aliphatic rings. The lowest BCUT2D eigenvalue weighted by atomic mass is 10.0. The van der Waals surface area contributed by atoms with E-state index in [4.69, 9.17) is 11.6 Å². The predicted molar refractivity (Wildman–Crippen MR) is 138 cm³/mol. The number of fused-ring (bicyclic) bond motifs is 1. The molecule has 5 rings (SSSR count). The van der Waals surface area contributed by atoms with Crippen molar-refractivity contribution in [3.05, 3.63) is 76.5 Å². The van der Waals surface area contributed by atoms with Crippen LogP contribution in [-0.2, 0) is 0 Å². The van der Waals surface area contributed by atoms with Crippen LogP contribution in [-0.4, -0.2) is 33.3 Å². The molecule has 2 aromatic carbocycles. The monoisotopic (exact) mass is 508 g/mol. The highest BCUT2D eigenvalue weighted by atomic mass is 35.5. The minimum absolute atomic E-state index is 0.169. The molecule has 1 fully saturated rings. The highest BCUT2D eigenvalue weighted by Crippen LogP contribution is 2.37. The van der Waals surface area contributed by atoms with E-state index in [1.807, 2.05) is 25.1 Å². The third-order valence-electron chi connectivity index (χ3n) is 6.10. The standard InChI is InChI=1S/C26H27ClFN7O/c1-26(2,14-36)32-23-16(11-29)12-30-25-20(23)9-18(10-21(25)27)31-24(15-3-5-17(28)6-4-15)22-13-35(34-33-22)19-7-8-19/h3-6,9-10,12-13,19,24,31,33-34,36H,7-8,14H2,1-2H3,(H,30,32)/t24-/m1/s1/i24D. The van der Waals surface area contributed by atoms with E-state index in [0.29, 0.717) is 50.2 Å². The largest absolute Gasteiger partial charge is 0.394 e. The fraction of sp³-hybridized carbons (Fsp3) is 0.308. The van der Waals surface area contributed by atoms with Gasteiger partial charge in [-0.3, -0.25) is 9.99 Å². The number of rotatable bonds is 8. The van der Waals surface area contributed by atoms with Crippen LogP contribution in [0.5, 0.6) is 0 Å². The molecule has 1 aromatic heterocycles. The van der Waals surface area contributed by atoms with Gasteiger partial charge in [0.2, 0.25) is 0 Å². The van der Waals surface area contributed by atoms with Crippen molar-refractivity contribution in [1.29, 1.82) is 5.26 Å². The minimum Gasteiger partial charge on any atom is -0.394 e. The normalized spacial score (nSPS) is 17.6. The number of aromatic nitrogens is 1. The zero-order chi connectivity index (χ0) is 26.4. The lowest BCUT2D eigenvalue weighted by Crippen LogP contribution is -2.38. The molecule has 186 valence electrons. The molecule has 2 heterocycles. The Bertz CT molecular complexity index is 1420. The number of halogens is 2. The number of benzene rings is 2. The topological polar surface area (TPSA) is 108 Å². The zero-order valence-electron chi connectivity index (χ0n) is 20.9. The van der Waals surface area contributed by atoms with E-state index >= 15 is 0 Å². The number of aliphatic hydroxyl groups excluding tert-OH is 1.